The van der Waals surface area contributed by atoms with E-state index in [9.17, 15) is 27.9 Å². The number of aromatic nitrogens is 2. The summed E-state index contributed by atoms with van der Waals surface area (Å²) in [4.78, 5) is 35.8. The predicted octanol–water partition coefficient (Wildman–Crippen LogP) is 8.67. The summed E-state index contributed by atoms with van der Waals surface area (Å²) in [6.45, 7) is 4.79. The maximum atomic E-state index is 14.2. The van der Waals surface area contributed by atoms with Gasteiger partial charge in [-0.25, -0.2) is 9.78 Å². The fourth-order valence-corrected chi connectivity index (χ4v) is 9.57. The van der Waals surface area contributed by atoms with Crippen molar-refractivity contribution in [1.82, 2.24) is 19.4 Å². The van der Waals surface area contributed by atoms with Crippen LogP contribution in [0.25, 0.3) is 43.6 Å². The molecule has 1 saturated carbocycles. The smallest absolute Gasteiger partial charge is 0.416 e. The number of fused-ring (bicyclic) bond motifs is 2. The highest BCUT2D eigenvalue weighted by molar-refractivity contribution is 7.21. The van der Waals surface area contributed by atoms with Crippen molar-refractivity contribution in [2.75, 3.05) is 39.4 Å². The van der Waals surface area contributed by atoms with Crippen molar-refractivity contribution < 1.29 is 32.6 Å². The van der Waals surface area contributed by atoms with E-state index in [0.717, 1.165) is 116 Å². The summed E-state index contributed by atoms with van der Waals surface area (Å²) < 4.78 is 48.9. The Balaban J connectivity index is 1.17. The van der Waals surface area contributed by atoms with Gasteiger partial charge in [0, 0.05) is 43.2 Å². The summed E-state index contributed by atoms with van der Waals surface area (Å²) in [5.74, 6) is -0.733. The second-order valence-electron chi connectivity index (χ2n) is 14.3. The zero-order valence-corrected chi connectivity index (χ0v) is 29.6. The summed E-state index contributed by atoms with van der Waals surface area (Å²) in [5.41, 5.74) is 4.47. The minimum Gasteiger partial charge on any atom is -0.477 e. The first-order valence-electron chi connectivity index (χ1n) is 18.2. The topological polar surface area (TPSA) is 87.9 Å². The van der Waals surface area contributed by atoms with E-state index in [1.807, 2.05) is 33.7 Å². The number of carbonyl (C=O) groups excluding carboxylic acids is 1. The van der Waals surface area contributed by atoms with Crippen molar-refractivity contribution in [3.8, 4) is 22.5 Å². The molecule has 2 saturated heterocycles. The van der Waals surface area contributed by atoms with Crippen LogP contribution in [0.1, 0.15) is 71.7 Å². The highest BCUT2D eigenvalue weighted by Gasteiger charge is 2.33. The molecule has 2 aliphatic heterocycles. The number of nitrogens with zero attached hydrogens (tertiary/aromatic N) is 4. The summed E-state index contributed by atoms with van der Waals surface area (Å²) in [5, 5.41) is 10.9. The van der Waals surface area contributed by atoms with Crippen LogP contribution in [-0.4, -0.2) is 81.8 Å². The van der Waals surface area contributed by atoms with Crippen molar-refractivity contribution in [2.45, 2.75) is 69.6 Å². The molecule has 272 valence electrons. The lowest BCUT2D eigenvalue weighted by atomic mass is 9.83. The Morgan fingerprint density at radius 2 is 1.65 bits per heavy atom. The van der Waals surface area contributed by atoms with Gasteiger partial charge < -0.3 is 19.3 Å². The number of halogens is 3. The Kier molecular flexibility index (Phi) is 9.56. The van der Waals surface area contributed by atoms with Gasteiger partial charge in [0.1, 0.15) is 11.4 Å². The molecule has 8 rings (SSSR count). The lowest BCUT2D eigenvalue weighted by molar-refractivity contribution is -0.137. The average Bonchev–Trinajstić information content (AvgIpc) is 3.73. The maximum absolute atomic E-state index is 14.2. The maximum Gasteiger partial charge on any atom is 0.416 e. The van der Waals surface area contributed by atoms with Crippen LogP contribution in [0, 0.1) is 0 Å². The van der Waals surface area contributed by atoms with Crippen LogP contribution in [-0.2, 0) is 22.3 Å². The second kappa shape index (κ2) is 14.3. The number of morpholine rings is 1. The first-order valence-corrected chi connectivity index (χ1v) is 19.0. The van der Waals surface area contributed by atoms with E-state index >= 15 is 0 Å². The molecule has 0 bridgehead atoms. The number of benzene rings is 2. The molecule has 5 heterocycles. The van der Waals surface area contributed by atoms with Crippen LogP contribution in [0.4, 0.5) is 13.2 Å². The van der Waals surface area contributed by atoms with Gasteiger partial charge in [0.25, 0.3) is 0 Å². The normalized spacial score (nSPS) is 18.4. The highest BCUT2D eigenvalue weighted by atomic mass is 32.1. The van der Waals surface area contributed by atoms with Gasteiger partial charge in [-0.3, -0.25) is 9.69 Å². The van der Waals surface area contributed by atoms with Gasteiger partial charge in [-0.2, -0.15) is 13.2 Å². The molecule has 3 aromatic heterocycles. The van der Waals surface area contributed by atoms with Crippen LogP contribution < -0.4 is 0 Å². The Morgan fingerprint density at radius 3 is 2.38 bits per heavy atom. The Bertz CT molecular complexity index is 2120. The monoisotopic (exact) mass is 730 g/mol. The summed E-state index contributed by atoms with van der Waals surface area (Å²) in [6.07, 6.45) is 2.69. The van der Waals surface area contributed by atoms with E-state index in [0.29, 0.717) is 35.9 Å². The zero-order valence-electron chi connectivity index (χ0n) is 28.8. The molecule has 1 amide bonds. The number of rotatable bonds is 7. The minimum absolute atomic E-state index is 0.0185. The molecule has 3 aliphatic rings. The number of carbonyl (C=O) groups is 2. The Morgan fingerprint density at radius 1 is 0.885 bits per heavy atom. The molecule has 3 fully saturated rings. The van der Waals surface area contributed by atoms with E-state index < -0.39 is 17.7 Å². The SMILES string of the molecule is O=C(O)c1cc2c(s1)c(C1CCCCC1)c(-c1ccc3nc(-c4cccc(C(F)(F)F)c4)ccc3c1)n2CC(=O)N1CCC(N2CCOCC2)CC1. The van der Waals surface area contributed by atoms with Crippen LogP contribution >= 0.6 is 11.3 Å². The number of hydrogen-bond donors (Lipinski definition) is 1. The lowest BCUT2D eigenvalue weighted by Gasteiger charge is -2.40. The largest absolute Gasteiger partial charge is 0.477 e. The van der Waals surface area contributed by atoms with Gasteiger partial charge in [0.15, 0.2) is 0 Å². The third-order valence-corrected chi connectivity index (χ3v) is 12.3. The quantitative estimate of drug-likeness (QED) is 0.180. The van der Waals surface area contributed by atoms with Crippen LogP contribution in [0.2, 0.25) is 0 Å². The van der Waals surface area contributed by atoms with E-state index in [1.165, 1.54) is 17.4 Å². The van der Waals surface area contributed by atoms with Gasteiger partial charge in [0.2, 0.25) is 5.91 Å². The Hall–Kier alpha value is -4.26. The Labute approximate surface area is 303 Å². The number of piperidine rings is 1. The number of likely N-dealkylation sites (tertiary alicyclic amines) is 1. The number of amides is 1. The van der Waals surface area contributed by atoms with E-state index in [-0.39, 0.29) is 23.2 Å². The first-order chi connectivity index (χ1) is 25.1. The van der Waals surface area contributed by atoms with E-state index in [2.05, 4.69) is 4.90 Å². The van der Waals surface area contributed by atoms with Crippen LogP contribution in [0.5, 0.6) is 0 Å². The van der Waals surface area contributed by atoms with Crippen molar-refractivity contribution in [1.29, 1.82) is 0 Å². The highest BCUT2D eigenvalue weighted by Crippen LogP contribution is 2.47. The number of thiophene rings is 1. The number of ether oxygens (including phenoxy) is 1. The zero-order chi connectivity index (χ0) is 36.0. The van der Waals surface area contributed by atoms with E-state index in [1.54, 1.807) is 18.2 Å². The standard InChI is InChI=1S/C40H41F3N4O4S/c41-40(42,43)29-8-4-7-26(22-29)31-11-9-27-21-28(10-12-32(27)44-31)37-36(25-5-2-1-3-6-25)38-33(23-34(52-38)39(49)50)47(37)24-35(48)46-15-13-30(14-16-46)45-17-19-51-20-18-45/h4,7-12,21-23,25,30H,1-3,5-6,13-20,24H2,(H,49,50). The number of carboxylic acids is 1. The first kappa shape index (κ1) is 34.8. The van der Waals surface area contributed by atoms with Crippen molar-refractivity contribution in [3.05, 3.63) is 76.7 Å². The second-order valence-corrected chi connectivity index (χ2v) is 15.3. The number of hydrogen-bond acceptors (Lipinski definition) is 6. The lowest BCUT2D eigenvalue weighted by Crippen LogP contribution is -2.50. The van der Waals surface area contributed by atoms with Gasteiger partial charge in [-0.05, 0) is 79.1 Å². The molecule has 0 spiro atoms. The van der Waals surface area contributed by atoms with Gasteiger partial charge in [-0.1, -0.05) is 43.5 Å². The third-order valence-electron chi connectivity index (χ3n) is 11.1. The molecule has 0 radical (unpaired) electrons. The molecule has 12 heteroatoms. The van der Waals surface area contributed by atoms with Gasteiger partial charge in [0.05, 0.1) is 45.9 Å². The van der Waals surface area contributed by atoms with Crippen LogP contribution in [0.15, 0.2) is 60.7 Å². The molecule has 5 aromatic rings. The molecule has 2 aromatic carbocycles. The van der Waals surface area contributed by atoms with Crippen molar-refractivity contribution >= 4 is 44.3 Å². The molecule has 1 N–H and O–H groups in total. The predicted molar refractivity (Wildman–Crippen MR) is 196 cm³/mol. The molecule has 0 unspecified atom stereocenters. The number of pyridine rings is 1. The van der Waals surface area contributed by atoms with Crippen molar-refractivity contribution in [2.24, 2.45) is 0 Å². The molecular formula is C40H41F3N4O4S. The molecule has 0 atom stereocenters. The number of carboxylic acid groups (broad SMARTS) is 1. The molecule has 52 heavy (non-hydrogen) atoms. The molecule has 8 nitrogen and oxygen atoms in total. The van der Waals surface area contributed by atoms with Gasteiger partial charge in [-0.15, -0.1) is 11.3 Å². The number of aromatic carboxylic acids is 1. The van der Waals surface area contributed by atoms with E-state index in [4.69, 9.17) is 9.72 Å². The third kappa shape index (κ3) is 6.83. The number of alkyl halides is 3. The van der Waals surface area contributed by atoms with Crippen molar-refractivity contribution in [3.63, 3.8) is 0 Å². The summed E-state index contributed by atoms with van der Waals surface area (Å²) in [6, 6.07) is 16.9. The van der Waals surface area contributed by atoms with Gasteiger partial charge >= 0.3 is 12.1 Å². The fourth-order valence-electron chi connectivity index (χ4n) is 8.45. The molecular weight excluding hydrogens is 690 g/mol. The molecule has 1 aliphatic carbocycles. The summed E-state index contributed by atoms with van der Waals surface area (Å²) >= 11 is 1.29. The minimum atomic E-state index is -4.45. The average molecular weight is 731 g/mol. The fraction of sp³-hybridized carbons (Fsp3) is 0.425. The summed E-state index contributed by atoms with van der Waals surface area (Å²) in [7, 11) is 0. The van der Waals surface area contributed by atoms with Crippen LogP contribution in [0.3, 0.4) is 0 Å².